The third-order valence-electron chi connectivity index (χ3n) is 9.11. The molecule has 4 heterocycles. The molecule has 270 valence electrons. The molecule has 1 aliphatic heterocycles. The molecule has 3 aromatic heterocycles. The maximum atomic E-state index is 14.3. The number of carbonyl (C=O) groups is 5. The molecule has 0 spiro atoms. The molecule has 4 aromatic rings. The maximum absolute atomic E-state index is 14.3. The number of aliphatic hydroxyl groups is 1. The van der Waals surface area contributed by atoms with Crippen LogP contribution in [0.15, 0.2) is 73.5 Å². The topological polar surface area (TPSA) is 195 Å². The second-order valence-electron chi connectivity index (χ2n) is 13.2. The highest BCUT2D eigenvalue weighted by Crippen LogP contribution is 2.21. The van der Waals surface area contributed by atoms with Gasteiger partial charge in [-0.3, -0.25) is 24.0 Å². The highest BCUT2D eigenvalue weighted by Gasteiger charge is 2.37. The largest absolute Gasteiger partial charge is 0.513 e. The lowest BCUT2D eigenvalue weighted by Gasteiger charge is -2.34. The number of nitrogens with one attached hydrogen (secondary N) is 5. The molecule has 0 bridgehead atoms. The van der Waals surface area contributed by atoms with Crippen molar-refractivity contribution in [3.63, 3.8) is 0 Å². The van der Waals surface area contributed by atoms with Crippen LogP contribution in [0.4, 0.5) is 0 Å². The first-order chi connectivity index (χ1) is 24.4. The number of amides is 5. The van der Waals surface area contributed by atoms with Gasteiger partial charge in [-0.05, 0) is 42.9 Å². The number of nitrogens with zero attached hydrogens (tertiary/aromatic N) is 4. The summed E-state index contributed by atoms with van der Waals surface area (Å²) in [5.41, 5.74) is 2.51. The lowest BCUT2D eigenvalue weighted by Crippen LogP contribution is -2.59. The molecule has 0 aliphatic carbocycles. The van der Waals surface area contributed by atoms with Gasteiger partial charge >= 0.3 is 5.65 Å². The van der Waals surface area contributed by atoms with Crippen molar-refractivity contribution in [3.8, 4) is 0 Å². The molecule has 1 aromatic carbocycles. The number of fused-ring (bicyclic) bond motifs is 2. The number of rotatable bonds is 10. The van der Waals surface area contributed by atoms with E-state index < -0.39 is 60.2 Å². The van der Waals surface area contributed by atoms with Gasteiger partial charge in [0.25, 0.3) is 0 Å². The van der Waals surface area contributed by atoms with Gasteiger partial charge in [0.15, 0.2) is 6.20 Å². The van der Waals surface area contributed by atoms with E-state index in [0.29, 0.717) is 19.4 Å². The number of aliphatic hydroxyl groups excluding tert-OH is 1. The van der Waals surface area contributed by atoms with E-state index in [1.54, 1.807) is 30.8 Å². The molecule has 51 heavy (non-hydrogen) atoms. The quantitative estimate of drug-likeness (QED) is 0.0808. The van der Waals surface area contributed by atoms with Crippen LogP contribution in [0.2, 0.25) is 0 Å². The van der Waals surface area contributed by atoms with Crippen LogP contribution in [0.25, 0.3) is 16.6 Å². The second kappa shape index (κ2) is 16.3. The van der Waals surface area contributed by atoms with Crippen LogP contribution in [-0.4, -0.2) is 92.0 Å². The Morgan fingerprint density at radius 2 is 1.75 bits per heavy atom. The number of carbonyl (C=O) groups excluding carboxylic acids is 5. The third kappa shape index (κ3) is 8.90. The van der Waals surface area contributed by atoms with E-state index >= 15 is 0 Å². The SMILES string of the molecule is C=C(O)CC1NC(=O)CNC(=O)C(CCCCn2cc[n+]3ncccc23)NC(=O)C(C(C)C)N(C)C(=O)C(Cc2c[nH]c3ccccc23)NC1=O. The Morgan fingerprint density at radius 1 is 0.980 bits per heavy atom. The van der Waals surface area contributed by atoms with Crippen LogP contribution < -0.4 is 25.8 Å². The number of unbranched alkanes of at least 4 members (excludes halogenated alkanes) is 1. The molecular formula is C36H46N9O6+. The van der Waals surface area contributed by atoms with Crippen molar-refractivity contribution in [3.05, 3.63) is 79.1 Å². The summed E-state index contributed by atoms with van der Waals surface area (Å²) in [6.07, 6.45) is 8.49. The number of benzene rings is 1. The zero-order valence-corrected chi connectivity index (χ0v) is 29.1. The third-order valence-corrected chi connectivity index (χ3v) is 9.11. The maximum Gasteiger partial charge on any atom is 0.307 e. The van der Waals surface area contributed by atoms with E-state index in [0.717, 1.165) is 22.1 Å². The Hall–Kier alpha value is -5.73. The fourth-order valence-electron chi connectivity index (χ4n) is 6.57. The van der Waals surface area contributed by atoms with Crippen LogP contribution in [0.5, 0.6) is 0 Å². The van der Waals surface area contributed by atoms with Crippen LogP contribution in [0.3, 0.4) is 0 Å². The van der Waals surface area contributed by atoms with Gasteiger partial charge in [-0.15, -0.1) is 4.52 Å². The van der Waals surface area contributed by atoms with Gasteiger partial charge in [-0.2, -0.15) is 0 Å². The zero-order valence-electron chi connectivity index (χ0n) is 29.1. The van der Waals surface area contributed by atoms with Crippen LogP contribution in [0.1, 0.15) is 45.1 Å². The molecule has 1 saturated heterocycles. The number of imidazole rings is 1. The predicted molar refractivity (Wildman–Crippen MR) is 188 cm³/mol. The summed E-state index contributed by atoms with van der Waals surface area (Å²) in [6, 6.07) is 6.88. The highest BCUT2D eigenvalue weighted by atomic mass is 16.3. The Morgan fingerprint density at radius 3 is 2.51 bits per heavy atom. The molecule has 0 saturated carbocycles. The Bertz CT molecular complexity index is 1920. The average molecular weight is 701 g/mol. The molecule has 1 fully saturated rings. The number of likely N-dealkylation sites (N-methyl/N-ethyl adjacent to an activating group) is 1. The lowest BCUT2D eigenvalue weighted by atomic mass is 9.98. The first-order valence-corrected chi connectivity index (χ1v) is 17.1. The summed E-state index contributed by atoms with van der Waals surface area (Å²) in [7, 11) is 1.50. The highest BCUT2D eigenvalue weighted by molar-refractivity contribution is 5.97. The summed E-state index contributed by atoms with van der Waals surface area (Å²) >= 11 is 0. The Labute approximate surface area is 295 Å². The summed E-state index contributed by atoms with van der Waals surface area (Å²) in [6.45, 7) is 7.22. The molecule has 4 unspecified atom stereocenters. The Kier molecular flexibility index (Phi) is 11.7. The monoisotopic (exact) mass is 700 g/mol. The number of hydrogen-bond donors (Lipinski definition) is 6. The number of aromatic nitrogens is 4. The molecule has 6 N–H and O–H groups in total. The van der Waals surface area contributed by atoms with Crippen molar-refractivity contribution in [1.82, 2.24) is 40.8 Å². The van der Waals surface area contributed by atoms with Gasteiger partial charge in [0, 0.05) is 43.1 Å². The van der Waals surface area contributed by atoms with Crippen LogP contribution >= 0.6 is 0 Å². The molecule has 15 heteroatoms. The Balaban J connectivity index is 1.40. The minimum atomic E-state index is -1.30. The molecular weight excluding hydrogens is 654 g/mol. The van der Waals surface area contributed by atoms with E-state index in [1.165, 1.54) is 11.9 Å². The number of aryl methyl sites for hydroxylation is 1. The number of H-pyrrole nitrogens is 1. The summed E-state index contributed by atoms with van der Waals surface area (Å²) < 4.78 is 3.80. The minimum absolute atomic E-state index is 0.0695. The van der Waals surface area contributed by atoms with Crippen molar-refractivity contribution < 1.29 is 33.6 Å². The van der Waals surface area contributed by atoms with Crippen molar-refractivity contribution >= 4 is 46.1 Å². The van der Waals surface area contributed by atoms with Crippen molar-refractivity contribution in [2.45, 2.75) is 76.7 Å². The summed E-state index contributed by atoms with van der Waals surface area (Å²) in [4.78, 5) is 72.9. The average Bonchev–Trinajstić information content (AvgIpc) is 3.70. The first-order valence-electron chi connectivity index (χ1n) is 17.1. The molecule has 15 nitrogen and oxygen atoms in total. The predicted octanol–water partition coefficient (Wildman–Crippen LogP) is 1.05. The van der Waals surface area contributed by atoms with Gasteiger partial charge in [-0.1, -0.05) is 43.7 Å². The van der Waals surface area contributed by atoms with Gasteiger partial charge in [0.05, 0.1) is 25.0 Å². The van der Waals surface area contributed by atoms with Crippen LogP contribution in [0, 0.1) is 5.92 Å². The molecule has 5 amide bonds. The van der Waals surface area contributed by atoms with Crippen LogP contribution in [-0.2, 0) is 36.9 Å². The second-order valence-corrected chi connectivity index (χ2v) is 13.2. The van der Waals surface area contributed by atoms with Crippen molar-refractivity contribution in [2.24, 2.45) is 5.92 Å². The molecule has 4 atom stereocenters. The van der Waals surface area contributed by atoms with Crippen molar-refractivity contribution in [2.75, 3.05) is 13.6 Å². The van der Waals surface area contributed by atoms with E-state index in [9.17, 15) is 29.1 Å². The lowest BCUT2D eigenvalue weighted by molar-refractivity contribution is -0.579. The van der Waals surface area contributed by atoms with Gasteiger partial charge < -0.3 is 36.3 Å². The van der Waals surface area contributed by atoms with Gasteiger partial charge in [0.2, 0.25) is 29.5 Å². The van der Waals surface area contributed by atoms with Crippen molar-refractivity contribution in [1.29, 1.82) is 0 Å². The van der Waals surface area contributed by atoms with E-state index in [1.807, 2.05) is 53.4 Å². The number of hydrogen-bond acceptors (Lipinski definition) is 7. The van der Waals surface area contributed by atoms with Gasteiger partial charge in [-0.25, -0.2) is 4.57 Å². The van der Waals surface area contributed by atoms with E-state index in [-0.39, 0.29) is 30.9 Å². The fourth-order valence-corrected chi connectivity index (χ4v) is 6.57. The number of para-hydroxylation sites is 1. The van der Waals surface area contributed by atoms with Gasteiger partial charge in [0.1, 0.15) is 30.4 Å². The first kappa shape index (κ1) is 36.5. The molecule has 5 rings (SSSR count). The van der Waals surface area contributed by atoms with E-state index in [2.05, 4.69) is 37.9 Å². The normalized spacial score (nSPS) is 21.2. The molecule has 0 radical (unpaired) electrons. The zero-order chi connectivity index (χ0) is 36.7. The summed E-state index contributed by atoms with van der Waals surface area (Å²) in [5.74, 6) is -3.83. The fraction of sp³-hybridized carbons (Fsp3) is 0.417. The standard InChI is InChI=1S/C36H45N9O6/c1-22(2)32-35(50)41-27(12-7-8-15-44-16-17-45-31(44)13-9-14-39-45)33(48)38-21-30(47)40-28(18-23(3)46)34(49)42-29(36(51)43(32)4)19-24-20-37-26-11-6-5-10-25(24)26/h5-6,9-11,13-14,16-17,20,22,27-29,32,37H,3,7-8,12,15,18-19,21H2,1-2,4H3,(H4-,38,40,41,42,46,47,48,49,50)/p+1. The smallest absolute Gasteiger partial charge is 0.307 e. The van der Waals surface area contributed by atoms with E-state index in [4.69, 9.17) is 0 Å². The molecule has 1 aliphatic rings. The number of aromatic amines is 1. The minimum Gasteiger partial charge on any atom is -0.513 e. The summed E-state index contributed by atoms with van der Waals surface area (Å²) in [5, 5.41) is 25.9.